The Bertz CT molecular complexity index is 441. The van der Waals surface area contributed by atoms with Crippen LogP contribution in [0.2, 0.25) is 10.0 Å². The molecule has 0 aromatic heterocycles. The number of nitrogens with zero attached hydrogens (tertiary/aromatic N) is 1. The minimum absolute atomic E-state index is 0.0260. The molecule has 1 aliphatic carbocycles. The molecule has 0 heterocycles. The summed E-state index contributed by atoms with van der Waals surface area (Å²) >= 11 is 11.9. The van der Waals surface area contributed by atoms with Gasteiger partial charge >= 0.3 is 6.03 Å². The molecule has 19 heavy (non-hydrogen) atoms. The summed E-state index contributed by atoms with van der Waals surface area (Å²) in [5, 5.41) is 4.20. The van der Waals surface area contributed by atoms with Crippen LogP contribution in [0.3, 0.4) is 0 Å². The summed E-state index contributed by atoms with van der Waals surface area (Å²) in [5.41, 5.74) is 1.03. The van der Waals surface area contributed by atoms with E-state index in [9.17, 15) is 4.79 Å². The van der Waals surface area contributed by atoms with Gasteiger partial charge in [-0.1, -0.05) is 23.2 Å². The molecule has 3 nitrogen and oxygen atoms in total. The van der Waals surface area contributed by atoms with E-state index in [1.807, 2.05) is 24.0 Å². The zero-order valence-electron chi connectivity index (χ0n) is 11.0. The van der Waals surface area contributed by atoms with Gasteiger partial charge in [-0.05, 0) is 49.9 Å². The molecule has 0 radical (unpaired) electrons. The topological polar surface area (TPSA) is 32.3 Å². The molecule has 0 bridgehead atoms. The first-order valence-corrected chi connectivity index (χ1v) is 7.35. The van der Waals surface area contributed by atoms with E-state index in [4.69, 9.17) is 23.2 Å². The van der Waals surface area contributed by atoms with Crippen molar-refractivity contribution in [2.45, 2.75) is 32.2 Å². The van der Waals surface area contributed by atoms with Crippen molar-refractivity contribution < 1.29 is 4.79 Å². The third-order valence-electron chi connectivity index (χ3n) is 3.20. The molecule has 0 unspecified atom stereocenters. The molecule has 104 valence electrons. The summed E-state index contributed by atoms with van der Waals surface area (Å²) in [5.74, 6) is 0. The van der Waals surface area contributed by atoms with Crippen LogP contribution in [0.1, 0.15) is 25.3 Å². The fraction of sp³-hybridized carbons (Fsp3) is 0.500. The number of hydrogen-bond donors (Lipinski definition) is 1. The Balaban J connectivity index is 1.80. The Kier molecular flexibility index (Phi) is 4.94. The lowest BCUT2D eigenvalue weighted by atomic mass is 10.1. The summed E-state index contributed by atoms with van der Waals surface area (Å²) in [6.07, 6.45) is 2.99. The highest BCUT2D eigenvalue weighted by atomic mass is 35.5. The number of urea groups is 1. The number of nitrogens with one attached hydrogen (secondary N) is 1. The van der Waals surface area contributed by atoms with Crippen molar-refractivity contribution in [3.8, 4) is 0 Å². The minimum atomic E-state index is 0.0260. The average molecular weight is 301 g/mol. The number of rotatable bonds is 5. The molecule has 2 amide bonds. The number of amides is 2. The maximum absolute atomic E-state index is 11.9. The van der Waals surface area contributed by atoms with Gasteiger partial charge in [-0.15, -0.1) is 0 Å². The summed E-state index contributed by atoms with van der Waals surface area (Å²) in [4.78, 5) is 13.8. The van der Waals surface area contributed by atoms with E-state index in [0.29, 0.717) is 22.6 Å². The van der Waals surface area contributed by atoms with E-state index in [0.717, 1.165) is 31.4 Å². The number of carbonyl (C=O) groups is 1. The molecule has 0 spiro atoms. The largest absolute Gasteiger partial charge is 0.338 e. The first-order chi connectivity index (χ1) is 9.10. The molecule has 5 heteroatoms. The summed E-state index contributed by atoms with van der Waals surface area (Å²) in [6.45, 7) is 3.37. The molecule has 1 aromatic carbocycles. The van der Waals surface area contributed by atoms with Crippen molar-refractivity contribution in [3.63, 3.8) is 0 Å². The first kappa shape index (κ1) is 14.5. The Morgan fingerprint density at radius 2 is 1.95 bits per heavy atom. The lowest BCUT2D eigenvalue weighted by Crippen LogP contribution is -2.41. The normalized spacial score (nSPS) is 14.3. The molecule has 0 saturated heterocycles. The van der Waals surface area contributed by atoms with Crippen LogP contribution in [-0.4, -0.2) is 30.1 Å². The van der Waals surface area contributed by atoms with Crippen LogP contribution in [0.4, 0.5) is 4.79 Å². The van der Waals surface area contributed by atoms with Crippen molar-refractivity contribution in [2.24, 2.45) is 0 Å². The van der Waals surface area contributed by atoms with Gasteiger partial charge in [0.15, 0.2) is 0 Å². The summed E-state index contributed by atoms with van der Waals surface area (Å²) in [6, 6.07) is 5.93. The Labute approximate surface area is 123 Å². The highest BCUT2D eigenvalue weighted by Crippen LogP contribution is 2.26. The number of benzene rings is 1. The number of halogens is 2. The summed E-state index contributed by atoms with van der Waals surface area (Å²) in [7, 11) is 0. The number of hydrogen-bond acceptors (Lipinski definition) is 1. The predicted molar refractivity (Wildman–Crippen MR) is 79.0 cm³/mol. The van der Waals surface area contributed by atoms with Crippen LogP contribution in [0.15, 0.2) is 18.2 Å². The van der Waals surface area contributed by atoms with E-state index in [2.05, 4.69) is 5.32 Å². The fourth-order valence-corrected chi connectivity index (χ4v) is 2.70. The van der Waals surface area contributed by atoms with Crippen LogP contribution in [0, 0.1) is 0 Å². The standard InChI is InChI=1S/C14H18Cl2N2O/c1-2-18(13-3-4-13)14(19)17-6-5-10-7-11(15)9-12(16)8-10/h7-9,13H,2-6H2,1H3,(H,17,19). The smallest absolute Gasteiger partial charge is 0.317 e. The molecule has 1 fully saturated rings. The van der Waals surface area contributed by atoms with Gasteiger partial charge in [0.1, 0.15) is 0 Å². The molecule has 0 atom stereocenters. The lowest BCUT2D eigenvalue weighted by Gasteiger charge is -2.20. The zero-order chi connectivity index (χ0) is 13.8. The van der Waals surface area contributed by atoms with E-state index in [-0.39, 0.29) is 6.03 Å². The second-order valence-electron chi connectivity index (χ2n) is 4.78. The van der Waals surface area contributed by atoms with Gasteiger partial charge in [0, 0.05) is 29.2 Å². The van der Waals surface area contributed by atoms with Gasteiger partial charge < -0.3 is 10.2 Å². The second kappa shape index (κ2) is 6.49. The van der Waals surface area contributed by atoms with Crippen LogP contribution in [-0.2, 0) is 6.42 Å². The molecule has 2 rings (SSSR count). The van der Waals surface area contributed by atoms with Crippen LogP contribution < -0.4 is 5.32 Å². The monoisotopic (exact) mass is 300 g/mol. The van der Waals surface area contributed by atoms with Crippen molar-refractivity contribution in [1.82, 2.24) is 10.2 Å². The SMILES string of the molecule is CCN(C(=O)NCCc1cc(Cl)cc(Cl)c1)C1CC1. The average Bonchev–Trinajstić information content (AvgIpc) is 3.13. The van der Waals surface area contributed by atoms with Gasteiger partial charge in [-0.25, -0.2) is 4.79 Å². The number of carbonyl (C=O) groups excluding carboxylic acids is 1. The minimum Gasteiger partial charge on any atom is -0.338 e. The third-order valence-corrected chi connectivity index (χ3v) is 3.64. The van der Waals surface area contributed by atoms with Crippen LogP contribution in [0.25, 0.3) is 0 Å². The van der Waals surface area contributed by atoms with Crippen molar-refractivity contribution >= 4 is 29.2 Å². The van der Waals surface area contributed by atoms with Crippen molar-refractivity contribution in [2.75, 3.05) is 13.1 Å². The molecule has 1 saturated carbocycles. The molecule has 1 aliphatic rings. The Morgan fingerprint density at radius 1 is 1.32 bits per heavy atom. The predicted octanol–water partition coefficient (Wildman–Crippen LogP) is 3.73. The van der Waals surface area contributed by atoms with Crippen molar-refractivity contribution in [3.05, 3.63) is 33.8 Å². The maximum Gasteiger partial charge on any atom is 0.317 e. The summed E-state index contributed by atoms with van der Waals surface area (Å²) < 4.78 is 0. The van der Waals surface area contributed by atoms with Crippen LogP contribution in [0.5, 0.6) is 0 Å². The lowest BCUT2D eigenvalue weighted by molar-refractivity contribution is 0.198. The molecule has 1 N–H and O–H groups in total. The molecule has 1 aromatic rings. The van der Waals surface area contributed by atoms with Crippen LogP contribution >= 0.6 is 23.2 Å². The fourth-order valence-electron chi connectivity index (χ4n) is 2.12. The van der Waals surface area contributed by atoms with E-state index >= 15 is 0 Å². The van der Waals surface area contributed by atoms with Gasteiger partial charge in [-0.2, -0.15) is 0 Å². The van der Waals surface area contributed by atoms with Gasteiger partial charge in [0.2, 0.25) is 0 Å². The van der Waals surface area contributed by atoms with Gasteiger partial charge in [0.25, 0.3) is 0 Å². The zero-order valence-corrected chi connectivity index (χ0v) is 12.5. The molecular formula is C14H18Cl2N2O. The van der Waals surface area contributed by atoms with Crippen molar-refractivity contribution in [1.29, 1.82) is 0 Å². The van der Waals surface area contributed by atoms with E-state index in [1.165, 1.54) is 0 Å². The molecule has 0 aliphatic heterocycles. The Hall–Kier alpha value is -0.930. The highest BCUT2D eigenvalue weighted by molar-refractivity contribution is 6.34. The quantitative estimate of drug-likeness (QED) is 0.883. The van der Waals surface area contributed by atoms with E-state index < -0.39 is 0 Å². The van der Waals surface area contributed by atoms with Gasteiger partial charge in [-0.3, -0.25) is 0 Å². The first-order valence-electron chi connectivity index (χ1n) is 6.59. The van der Waals surface area contributed by atoms with E-state index in [1.54, 1.807) is 6.07 Å². The Morgan fingerprint density at radius 3 is 2.47 bits per heavy atom. The second-order valence-corrected chi connectivity index (χ2v) is 5.65. The maximum atomic E-state index is 11.9. The van der Waals surface area contributed by atoms with Gasteiger partial charge in [0.05, 0.1) is 0 Å². The highest BCUT2D eigenvalue weighted by Gasteiger charge is 2.30. The third kappa shape index (κ3) is 4.29. The molecular weight excluding hydrogens is 283 g/mol.